The van der Waals surface area contributed by atoms with Crippen LogP contribution in [-0.4, -0.2) is 47.4 Å². The number of nitrogens with zero attached hydrogens (tertiary/aromatic N) is 4. The van der Waals surface area contributed by atoms with Crippen molar-refractivity contribution in [3.63, 3.8) is 0 Å². The van der Waals surface area contributed by atoms with Gasteiger partial charge in [-0.25, -0.2) is 17.6 Å². The van der Waals surface area contributed by atoms with Gasteiger partial charge in [0.2, 0.25) is 0 Å². The van der Waals surface area contributed by atoms with E-state index in [0.717, 1.165) is 79.0 Å². The molecule has 4 aromatic carbocycles. The molecule has 13 heteroatoms. The average molecular weight is 1060 g/mol. The van der Waals surface area contributed by atoms with E-state index >= 15 is 17.6 Å². The van der Waals surface area contributed by atoms with Crippen LogP contribution in [-0.2, 0) is 25.3 Å². The second kappa shape index (κ2) is 25.3. The number of benzene rings is 4. The van der Waals surface area contributed by atoms with E-state index in [-0.39, 0.29) is 76.1 Å². The van der Waals surface area contributed by atoms with Gasteiger partial charge in [0.15, 0.2) is 11.6 Å². The Bertz CT molecular complexity index is 2880. The number of anilines is 1. The van der Waals surface area contributed by atoms with Crippen molar-refractivity contribution in [2.24, 2.45) is 24.6 Å². The fourth-order valence-corrected chi connectivity index (χ4v) is 12.3. The number of likely N-dealkylation sites (tertiary alicyclic amines) is 1. The van der Waals surface area contributed by atoms with Gasteiger partial charge in [0.1, 0.15) is 28.8 Å². The molecular formula is C62H78ClF4N7Na-. The molecular weight excluding hydrogens is 977 g/mol. The Morgan fingerprint density at radius 1 is 0.907 bits per heavy atom. The molecule has 398 valence electrons. The predicted molar refractivity (Wildman–Crippen MR) is 301 cm³/mol. The first kappa shape index (κ1) is 59.7. The molecule has 0 bridgehead atoms. The van der Waals surface area contributed by atoms with Gasteiger partial charge < -0.3 is 40.0 Å². The summed E-state index contributed by atoms with van der Waals surface area (Å²) in [6.07, 6.45) is 14.5. The van der Waals surface area contributed by atoms with Gasteiger partial charge in [0.05, 0.1) is 10.4 Å². The molecule has 1 aromatic heterocycles. The normalized spacial score (nSPS) is 21.8. The number of nitrogens with two attached hydrogens (primary N) is 1. The summed E-state index contributed by atoms with van der Waals surface area (Å²) in [7, 11) is 3.73. The number of aryl methyl sites for hydroxylation is 2. The van der Waals surface area contributed by atoms with Crippen LogP contribution in [0.15, 0.2) is 98.1 Å². The molecule has 7 nitrogen and oxygen atoms in total. The van der Waals surface area contributed by atoms with Crippen LogP contribution in [0, 0.1) is 49.0 Å². The number of aromatic nitrogens is 2. The molecule has 0 radical (unpaired) electrons. The van der Waals surface area contributed by atoms with E-state index in [1.807, 2.05) is 37.1 Å². The summed E-state index contributed by atoms with van der Waals surface area (Å²) in [5, 5.41) is 11.6. The SMILES string of the molecule is C=C(N)c1ccc(CCC)c(F)c1-c1c(Cl)c(F)cc2c1C(C)C(C)(c1ccccc1)C2.C=C(NC1CC(C)C1)C1CC[CH-]CC1.C=C1CCN(c2nn(C)c3c(F)c(C4CCN(C)CC4)c(F)cc23)C(=C)N1.[CH3-].[Na+]. The van der Waals surface area contributed by atoms with Crippen LogP contribution >= 0.6 is 11.6 Å². The van der Waals surface area contributed by atoms with Gasteiger partial charge in [-0.1, -0.05) is 127 Å². The van der Waals surface area contributed by atoms with E-state index in [4.69, 9.17) is 17.3 Å². The number of allylic oxidation sites excluding steroid dienone is 1. The molecule has 2 unspecified atom stereocenters. The first-order valence-corrected chi connectivity index (χ1v) is 26.7. The molecule has 0 amide bonds. The van der Waals surface area contributed by atoms with Crippen LogP contribution in [0.1, 0.15) is 137 Å². The van der Waals surface area contributed by atoms with Crippen molar-refractivity contribution in [2.75, 3.05) is 31.6 Å². The summed E-state index contributed by atoms with van der Waals surface area (Å²) in [5.74, 6) is 0.794. The van der Waals surface area contributed by atoms with Gasteiger partial charge >= 0.3 is 29.6 Å². The van der Waals surface area contributed by atoms with Crippen LogP contribution < -0.4 is 50.8 Å². The average Bonchev–Trinajstić information content (AvgIpc) is 3.82. The summed E-state index contributed by atoms with van der Waals surface area (Å²) in [4.78, 5) is 4.04. The van der Waals surface area contributed by atoms with Gasteiger partial charge in [-0.3, -0.25) is 4.68 Å². The molecule has 5 aliphatic rings. The summed E-state index contributed by atoms with van der Waals surface area (Å²) in [6.45, 7) is 26.9. The molecule has 2 atom stereocenters. The van der Waals surface area contributed by atoms with Crippen molar-refractivity contribution in [1.29, 1.82) is 0 Å². The van der Waals surface area contributed by atoms with E-state index in [0.29, 0.717) is 58.6 Å². The van der Waals surface area contributed by atoms with E-state index in [2.05, 4.69) is 86.3 Å². The Hall–Kier alpha value is -4.52. The minimum Gasteiger partial charge on any atom is -0.399 e. The summed E-state index contributed by atoms with van der Waals surface area (Å²) in [5.41, 5.74) is 13.3. The van der Waals surface area contributed by atoms with Crippen molar-refractivity contribution in [3.8, 4) is 11.1 Å². The van der Waals surface area contributed by atoms with Crippen LogP contribution in [0.3, 0.4) is 0 Å². The fraction of sp³-hybridized carbons (Fsp3) is 0.435. The molecule has 2 saturated carbocycles. The summed E-state index contributed by atoms with van der Waals surface area (Å²) < 4.78 is 63.0. The first-order chi connectivity index (χ1) is 34.8. The van der Waals surface area contributed by atoms with Gasteiger partial charge in [-0.2, -0.15) is 17.9 Å². The minimum absolute atomic E-state index is 0. The zero-order valence-electron chi connectivity index (χ0n) is 45.9. The molecule has 3 aliphatic carbocycles. The molecule has 5 aromatic rings. The number of halogens is 5. The summed E-state index contributed by atoms with van der Waals surface area (Å²) >= 11 is 6.58. The Balaban J connectivity index is 0.000000193. The Labute approximate surface area is 472 Å². The standard InChI is InChI=1S/C28H28ClF2N.C20H25F2N5.C13H22N.CH3.Na/c1-5-9-18-12-13-21(17(3)32)24(27(18)31)25-23-16(2)28(4,20-10-7-6-8-11-20)15-19(23)14-22(30)26(25)29;1-12-5-10-27(13(2)23-12)20-15-11-16(21)17(14-6-8-25(3)9-7-14)18(22)19(15)26(4)24-20;1-10-8-13(9-10)14-11(2)12-6-4-3-5-7-12;;/h6-8,10-14,16H,3,5,9,15,32H2,1-2,4H3;11,14,23H,1-2,5-10H2,3-4H3;3,10,12-14H,2,4-9H2,1H3;1H3;/q;;2*-1;+1. The number of rotatable bonds is 10. The molecule has 10 rings (SSSR count). The molecule has 2 aliphatic heterocycles. The van der Waals surface area contributed by atoms with Crippen molar-refractivity contribution >= 4 is 34.0 Å². The van der Waals surface area contributed by atoms with Crippen molar-refractivity contribution < 1.29 is 47.1 Å². The maximum absolute atomic E-state index is 15.9. The van der Waals surface area contributed by atoms with Crippen LogP contribution in [0.5, 0.6) is 0 Å². The van der Waals surface area contributed by atoms with Crippen LogP contribution in [0.2, 0.25) is 5.02 Å². The minimum atomic E-state index is -0.543. The van der Waals surface area contributed by atoms with E-state index < -0.39 is 23.3 Å². The van der Waals surface area contributed by atoms with E-state index in [1.165, 1.54) is 61.0 Å². The number of piperidine rings is 1. The molecule has 4 fully saturated rings. The molecule has 0 spiro atoms. The second-order valence-corrected chi connectivity index (χ2v) is 22.1. The Kier molecular flexibility index (Phi) is 20.1. The predicted octanol–water partition coefficient (Wildman–Crippen LogP) is 12.0. The first-order valence-electron chi connectivity index (χ1n) is 26.4. The molecule has 75 heavy (non-hydrogen) atoms. The van der Waals surface area contributed by atoms with Crippen molar-refractivity contribution in [2.45, 2.75) is 128 Å². The van der Waals surface area contributed by atoms with Crippen LogP contribution in [0.25, 0.3) is 27.7 Å². The monoisotopic (exact) mass is 1050 g/mol. The van der Waals surface area contributed by atoms with Crippen LogP contribution in [0.4, 0.5) is 23.4 Å². The number of hydrogen-bond acceptors (Lipinski definition) is 6. The van der Waals surface area contributed by atoms with E-state index in [9.17, 15) is 0 Å². The molecule has 3 heterocycles. The number of nitrogens with one attached hydrogen (secondary N) is 2. The Morgan fingerprint density at radius 3 is 2.19 bits per heavy atom. The van der Waals surface area contributed by atoms with Gasteiger partial charge in [0, 0.05) is 70.8 Å². The molecule has 2 saturated heterocycles. The quantitative estimate of drug-likeness (QED) is 0.0735. The van der Waals surface area contributed by atoms with Gasteiger partial charge in [-0.15, -0.1) is 0 Å². The largest absolute Gasteiger partial charge is 1.00 e. The van der Waals surface area contributed by atoms with Crippen molar-refractivity contribution in [1.82, 2.24) is 25.3 Å². The number of fused-ring (bicyclic) bond motifs is 2. The van der Waals surface area contributed by atoms with Gasteiger partial charge in [0.25, 0.3) is 0 Å². The smallest absolute Gasteiger partial charge is 0.399 e. The molecule has 4 N–H and O–H groups in total. The maximum Gasteiger partial charge on any atom is 1.00 e. The Morgan fingerprint density at radius 2 is 1.57 bits per heavy atom. The topological polar surface area (TPSA) is 74.4 Å². The third kappa shape index (κ3) is 12.4. The zero-order chi connectivity index (χ0) is 52.5. The summed E-state index contributed by atoms with van der Waals surface area (Å²) in [6, 6.07) is 17.4. The maximum atomic E-state index is 15.9. The van der Waals surface area contributed by atoms with E-state index in [1.54, 1.807) is 19.2 Å². The van der Waals surface area contributed by atoms with Gasteiger partial charge in [-0.05, 0) is 117 Å². The third-order valence-corrected chi connectivity index (χ3v) is 16.8. The number of hydrogen-bond donors (Lipinski definition) is 3. The fourth-order valence-electron chi connectivity index (χ4n) is 12.1. The third-order valence-electron chi connectivity index (χ3n) is 16.5. The second-order valence-electron chi connectivity index (χ2n) is 21.7. The van der Waals surface area contributed by atoms with Crippen molar-refractivity contribution in [3.05, 3.63) is 174 Å². The zero-order valence-corrected chi connectivity index (χ0v) is 48.6.